The highest BCUT2D eigenvalue weighted by atomic mass is 19.1. The minimum atomic E-state index is -0.204. The lowest BCUT2D eigenvalue weighted by molar-refractivity contribution is 0.289. The molecule has 1 aromatic carbocycles. The van der Waals surface area contributed by atoms with Crippen LogP contribution in [-0.4, -0.2) is 32.8 Å². The largest absolute Gasteiger partial charge is 0.491 e. The third-order valence-electron chi connectivity index (χ3n) is 3.33. The lowest BCUT2D eigenvalue weighted by atomic mass is 10.1. The Morgan fingerprint density at radius 2 is 2.05 bits per heavy atom. The van der Waals surface area contributed by atoms with Crippen molar-refractivity contribution in [2.24, 2.45) is 5.92 Å². The number of hydrogen-bond donors (Lipinski definition) is 1. The Bertz CT molecular complexity index is 403. The van der Waals surface area contributed by atoms with E-state index in [1.807, 2.05) is 0 Å². The molecule has 0 saturated carbocycles. The van der Waals surface area contributed by atoms with Crippen molar-refractivity contribution in [3.8, 4) is 5.75 Å². The van der Waals surface area contributed by atoms with E-state index in [0.29, 0.717) is 12.5 Å². The second-order valence-electron chi connectivity index (χ2n) is 5.38. The Kier molecular flexibility index (Phi) is 5.02. The van der Waals surface area contributed by atoms with Crippen molar-refractivity contribution in [2.75, 3.05) is 37.7 Å². The Morgan fingerprint density at radius 1 is 1.32 bits per heavy atom. The number of nitrogens with zero attached hydrogens (tertiary/aromatic N) is 1. The molecule has 0 spiro atoms. The summed E-state index contributed by atoms with van der Waals surface area (Å²) in [7, 11) is 0. The maximum absolute atomic E-state index is 13.5. The molecule has 0 aromatic heterocycles. The fourth-order valence-electron chi connectivity index (χ4n) is 2.17. The monoisotopic (exact) mass is 266 g/mol. The summed E-state index contributed by atoms with van der Waals surface area (Å²) in [5.74, 6) is 1.21. The first kappa shape index (κ1) is 14.1. The van der Waals surface area contributed by atoms with E-state index in [1.54, 1.807) is 12.1 Å². The van der Waals surface area contributed by atoms with E-state index < -0.39 is 0 Å². The van der Waals surface area contributed by atoms with E-state index in [2.05, 4.69) is 24.1 Å². The van der Waals surface area contributed by atoms with Crippen molar-refractivity contribution < 1.29 is 9.13 Å². The van der Waals surface area contributed by atoms with Crippen LogP contribution in [-0.2, 0) is 0 Å². The predicted octanol–water partition coefficient (Wildman–Crippen LogP) is 2.66. The molecule has 19 heavy (non-hydrogen) atoms. The summed E-state index contributed by atoms with van der Waals surface area (Å²) < 4.78 is 19.3. The molecule has 0 unspecified atom stereocenters. The van der Waals surface area contributed by atoms with Crippen molar-refractivity contribution in [3.63, 3.8) is 0 Å². The normalized spacial score (nSPS) is 15.9. The highest BCUT2D eigenvalue weighted by Gasteiger charge is 2.16. The number of nitrogens with one attached hydrogen (secondary N) is 1. The molecule has 4 heteroatoms. The molecule has 106 valence electrons. The Hall–Kier alpha value is -1.29. The summed E-state index contributed by atoms with van der Waals surface area (Å²) in [4.78, 5) is 2.18. The molecule has 0 radical (unpaired) electrons. The summed E-state index contributed by atoms with van der Waals surface area (Å²) in [5, 5.41) is 3.30. The van der Waals surface area contributed by atoms with E-state index in [-0.39, 0.29) is 5.82 Å². The highest BCUT2D eigenvalue weighted by Crippen LogP contribution is 2.29. The number of hydrogen-bond acceptors (Lipinski definition) is 3. The zero-order valence-electron chi connectivity index (χ0n) is 11.8. The predicted molar refractivity (Wildman–Crippen MR) is 76.4 cm³/mol. The molecule has 2 rings (SSSR count). The molecule has 0 bridgehead atoms. The fourth-order valence-corrected chi connectivity index (χ4v) is 2.17. The first-order valence-electron chi connectivity index (χ1n) is 7.05. The van der Waals surface area contributed by atoms with Gasteiger partial charge in [-0.1, -0.05) is 13.8 Å². The van der Waals surface area contributed by atoms with Crippen LogP contribution in [0.25, 0.3) is 0 Å². The minimum absolute atomic E-state index is 0.204. The lowest BCUT2D eigenvalue weighted by Crippen LogP contribution is -2.43. The highest BCUT2D eigenvalue weighted by molar-refractivity contribution is 5.59. The summed E-state index contributed by atoms with van der Waals surface area (Å²) in [6, 6.07) is 4.79. The molecule has 1 saturated heterocycles. The van der Waals surface area contributed by atoms with Gasteiger partial charge in [-0.15, -0.1) is 0 Å². The number of rotatable bonds is 5. The van der Waals surface area contributed by atoms with Gasteiger partial charge in [-0.25, -0.2) is 4.39 Å². The van der Waals surface area contributed by atoms with Crippen LogP contribution in [0.1, 0.15) is 20.3 Å². The van der Waals surface area contributed by atoms with Crippen LogP contribution in [0.2, 0.25) is 0 Å². The Labute approximate surface area is 114 Å². The standard InChI is InChI=1S/C15H23FN2O/c1-12(2)5-10-19-15-4-3-13(16)11-14(15)18-8-6-17-7-9-18/h3-4,11-12,17H,5-10H2,1-2H3. The van der Waals surface area contributed by atoms with Gasteiger partial charge in [0, 0.05) is 32.2 Å². The third kappa shape index (κ3) is 4.10. The molecule has 0 atom stereocenters. The van der Waals surface area contributed by atoms with Gasteiger partial charge in [-0.05, 0) is 24.5 Å². The van der Waals surface area contributed by atoms with Gasteiger partial charge in [0.25, 0.3) is 0 Å². The van der Waals surface area contributed by atoms with Crippen LogP contribution < -0.4 is 15.0 Å². The first-order valence-corrected chi connectivity index (χ1v) is 7.05. The molecule has 0 aliphatic carbocycles. The molecule has 3 nitrogen and oxygen atoms in total. The number of anilines is 1. The lowest BCUT2D eigenvalue weighted by Gasteiger charge is -2.30. The van der Waals surface area contributed by atoms with Gasteiger partial charge in [0.1, 0.15) is 11.6 Å². The van der Waals surface area contributed by atoms with E-state index in [0.717, 1.165) is 44.0 Å². The van der Waals surface area contributed by atoms with Crippen LogP contribution in [0.5, 0.6) is 5.75 Å². The molecule has 1 aliphatic rings. The van der Waals surface area contributed by atoms with Crippen molar-refractivity contribution in [3.05, 3.63) is 24.0 Å². The van der Waals surface area contributed by atoms with Gasteiger partial charge in [0.2, 0.25) is 0 Å². The number of ether oxygens (including phenoxy) is 1. The van der Waals surface area contributed by atoms with Gasteiger partial charge in [0.05, 0.1) is 12.3 Å². The summed E-state index contributed by atoms with van der Waals surface area (Å²) in [6.45, 7) is 8.68. The van der Waals surface area contributed by atoms with Gasteiger partial charge in [-0.3, -0.25) is 0 Å². The Morgan fingerprint density at radius 3 is 2.74 bits per heavy atom. The van der Waals surface area contributed by atoms with Crippen molar-refractivity contribution in [1.82, 2.24) is 5.32 Å². The molecule has 1 aromatic rings. The van der Waals surface area contributed by atoms with Crippen LogP contribution in [0.3, 0.4) is 0 Å². The molecular formula is C15H23FN2O. The maximum atomic E-state index is 13.5. The molecule has 0 amide bonds. The summed E-state index contributed by atoms with van der Waals surface area (Å²) in [5.41, 5.74) is 0.880. The van der Waals surface area contributed by atoms with Crippen LogP contribution >= 0.6 is 0 Å². The van der Waals surface area contributed by atoms with E-state index >= 15 is 0 Å². The molecular weight excluding hydrogens is 243 g/mol. The fraction of sp³-hybridized carbons (Fsp3) is 0.600. The quantitative estimate of drug-likeness (QED) is 0.886. The third-order valence-corrected chi connectivity index (χ3v) is 3.33. The summed E-state index contributed by atoms with van der Waals surface area (Å²) in [6.07, 6.45) is 1.01. The molecule has 1 aliphatic heterocycles. The van der Waals surface area contributed by atoms with Gasteiger partial charge >= 0.3 is 0 Å². The second-order valence-corrected chi connectivity index (χ2v) is 5.38. The van der Waals surface area contributed by atoms with Crippen LogP contribution in [0.4, 0.5) is 10.1 Å². The average molecular weight is 266 g/mol. The van der Waals surface area contributed by atoms with Crippen LogP contribution in [0.15, 0.2) is 18.2 Å². The topological polar surface area (TPSA) is 24.5 Å². The zero-order chi connectivity index (χ0) is 13.7. The van der Waals surface area contributed by atoms with Crippen molar-refractivity contribution in [1.29, 1.82) is 0 Å². The minimum Gasteiger partial charge on any atom is -0.491 e. The SMILES string of the molecule is CC(C)CCOc1ccc(F)cc1N1CCNCC1. The number of halogens is 1. The average Bonchev–Trinajstić information content (AvgIpc) is 2.41. The molecule has 1 heterocycles. The van der Waals surface area contributed by atoms with Crippen molar-refractivity contribution >= 4 is 5.69 Å². The van der Waals surface area contributed by atoms with Crippen LogP contribution in [0, 0.1) is 11.7 Å². The maximum Gasteiger partial charge on any atom is 0.142 e. The van der Waals surface area contributed by atoms with Crippen molar-refractivity contribution in [2.45, 2.75) is 20.3 Å². The Balaban J connectivity index is 2.08. The van der Waals surface area contributed by atoms with E-state index in [1.165, 1.54) is 6.07 Å². The summed E-state index contributed by atoms with van der Waals surface area (Å²) >= 11 is 0. The zero-order valence-corrected chi connectivity index (χ0v) is 11.8. The van der Waals surface area contributed by atoms with E-state index in [4.69, 9.17) is 4.74 Å². The van der Waals surface area contributed by atoms with Gasteiger partial charge in [-0.2, -0.15) is 0 Å². The first-order chi connectivity index (χ1) is 9.16. The number of benzene rings is 1. The molecule has 1 N–H and O–H groups in total. The van der Waals surface area contributed by atoms with Gasteiger partial charge < -0.3 is 15.0 Å². The smallest absolute Gasteiger partial charge is 0.142 e. The molecule has 1 fully saturated rings. The van der Waals surface area contributed by atoms with E-state index in [9.17, 15) is 4.39 Å². The second kappa shape index (κ2) is 6.75. The number of piperazine rings is 1. The van der Waals surface area contributed by atoms with Gasteiger partial charge in [0.15, 0.2) is 0 Å².